The molecule has 0 bridgehead atoms. The van der Waals surface area contributed by atoms with Gasteiger partial charge in [-0.25, -0.2) is 0 Å². The molecule has 0 spiro atoms. The molecule has 58 valence electrons. The molecule has 1 aliphatic heterocycles. The molecule has 0 radical (unpaired) electrons. The first-order valence-corrected chi connectivity index (χ1v) is 3.54. The van der Waals surface area contributed by atoms with E-state index in [4.69, 9.17) is 9.84 Å². The van der Waals surface area contributed by atoms with E-state index in [1.807, 2.05) is 0 Å². The lowest BCUT2D eigenvalue weighted by Crippen LogP contribution is -2.28. The third kappa shape index (κ3) is 1.78. The minimum atomic E-state index is -0.272. The highest BCUT2D eigenvalue weighted by Crippen LogP contribution is 2.17. The Morgan fingerprint density at radius 3 is 3.10 bits per heavy atom. The van der Waals surface area contributed by atoms with E-state index in [-0.39, 0.29) is 18.6 Å². The predicted octanol–water partition coefficient (Wildman–Crippen LogP) is -0.0272. The Balaban J connectivity index is 2.31. The normalized spacial score (nSPS) is 33.7. The van der Waals surface area contributed by atoms with Gasteiger partial charge >= 0.3 is 0 Å². The lowest BCUT2D eigenvalue weighted by Gasteiger charge is -2.24. The zero-order chi connectivity index (χ0) is 7.40. The van der Waals surface area contributed by atoms with Crippen LogP contribution in [-0.4, -0.2) is 30.7 Å². The highest BCUT2D eigenvalue weighted by molar-refractivity contribution is 5.56. The number of carbonyl (C=O) groups is 1. The number of ether oxygens (including phenoxy) is 1. The van der Waals surface area contributed by atoms with E-state index in [9.17, 15) is 4.79 Å². The molecular weight excluding hydrogens is 132 g/mol. The van der Waals surface area contributed by atoms with Crippen LogP contribution in [0, 0.1) is 5.92 Å². The van der Waals surface area contributed by atoms with E-state index < -0.39 is 0 Å². The molecule has 1 unspecified atom stereocenters. The maximum Gasteiger partial charge on any atom is 0.148 e. The number of rotatable bonds is 2. The number of aliphatic hydroxyl groups is 1. The molecule has 1 aliphatic rings. The molecule has 10 heavy (non-hydrogen) atoms. The lowest BCUT2D eigenvalue weighted by atomic mass is 9.97. The van der Waals surface area contributed by atoms with Gasteiger partial charge in [-0.05, 0) is 18.8 Å². The van der Waals surface area contributed by atoms with Crippen molar-refractivity contribution in [3.63, 3.8) is 0 Å². The summed E-state index contributed by atoms with van der Waals surface area (Å²) < 4.78 is 5.08. The molecule has 1 heterocycles. The third-order valence-corrected chi connectivity index (χ3v) is 1.83. The van der Waals surface area contributed by atoms with Crippen molar-refractivity contribution >= 4 is 6.29 Å². The van der Waals surface area contributed by atoms with Gasteiger partial charge in [-0.3, -0.25) is 0 Å². The molecular formula is C7H12O3. The monoisotopic (exact) mass is 144 g/mol. The van der Waals surface area contributed by atoms with E-state index in [2.05, 4.69) is 0 Å². The Labute approximate surface area is 60.0 Å². The van der Waals surface area contributed by atoms with Crippen molar-refractivity contribution in [1.82, 2.24) is 0 Å². The maximum absolute atomic E-state index is 10.2. The van der Waals surface area contributed by atoms with Crippen LogP contribution in [0.15, 0.2) is 0 Å². The summed E-state index contributed by atoms with van der Waals surface area (Å²) in [6.45, 7) is 0.780. The molecule has 1 N–H and O–H groups in total. The second-order valence-corrected chi connectivity index (χ2v) is 2.62. The molecule has 0 aliphatic carbocycles. The first kappa shape index (κ1) is 7.69. The average molecular weight is 144 g/mol. The van der Waals surface area contributed by atoms with Gasteiger partial charge in [0.05, 0.1) is 0 Å². The molecule has 3 nitrogen and oxygen atoms in total. The Morgan fingerprint density at radius 1 is 1.70 bits per heavy atom. The molecule has 3 heteroatoms. The first-order chi connectivity index (χ1) is 4.86. The zero-order valence-electron chi connectivity index (χ0n) is 5.82. The van der Waals surface area contributed by atoms with Gasteiger partial charge < -0.3 is 14.6 Å². The molecule has 1 rings (SSSR count). The molecule has 0 aromatic heterocycles. The van der Waals surface area contributed by atoms with Crippen molar-refractivity contribution in [2.45, 2.75) is 18.9 Å². The fraction of sp³-hybridized carbons (Fsp3) is 0.857. The molecule has 2 atom stereocenters. The average Bonchev–Trinajstić information content (AvgIpc) is 2.05. The predicted molar refractivity (Wildman–Crippen MR) is 35.6 cm³/mol. The fourth-order valence-electron chi connectivity index (χ4n) is 1.16. The number of hydrogen-bond acceptors (Lipinski definition) is 3. The van der Waals surface area contributed by atoms with Crippen molar-refractivity contribution < 1.29 is 14.6 Å². The second-order valence-electron chi connectivity index (χ2n) is 2.62. The van der Waals surface area contributed by atoms with Crippen LogP contribution in [0.3, 0.4) is 0 Å². The van der Waals surface area contributed by atoms with Crippen molar-refractivity contribution in [2.24, 2.45) is 5.92 Å². The van der Waals surface area contributed by atoms with E-state index in [1.165, 1.54) is 0 Å². The van der Waals surface area contributed by atoms with Gasteiger partial charge in [0.1, 0.15) is 12.4 Å². The Hall–Kier alpha value is -0.410. The Bertz CT molecular complexity index is 113. The molecule has 0 amide bonds. The maximum atomic E-state index is 10.2. The van der Waals surface area contributed by atoms with Gasteiger partial charge in [0.25, 0.3) is 0 Å². The summed E-state index contributed by atoms with van der Waals surface area (Å²) in [7, 11) is 0. The summed E-state index contributed by atoms with van der Waals surface area (Å²) in [6, 6.07) is 0. The van der Waals surface area contributed by atoms with E-state index in [0.29, 0.717) is 13.0 Å². The smallest absolute Gasteiger partial charge is 0.148 e. The zero-order valence-corrected chi connectivity index (χ0v) is 5.82. The van der Waals surface area contributed by atoms with Crippen LogP contribution in [0.5, 0.6) is 0 Å². The van der Waals surface area contributed by atoms with Crippen molar-refractivity contribution in [1.29, 1.82) is 0 Å². The van der Waals surface area contributed by atoms with E-state index in [0.717, 1.165) is 12.7 Å². The van der Waals surface area contributed by atoms with Crippen molar-refractivity contribution in [2.75, 3.05) is 13.2 Å². The Morgan fingerprint density at radius 2 is 2.50 bits per heavy atom. The van der Waals surface area contributed by atoms with Crippen LogP contribution >= 0.6 is 0 Å². The standard InChI is InChI=1S/C7H12O3/c8-4-6-1-2-10-7(3-6)5-9/h5-8H,1-4H2/t6?,7-/m0/s1. The number of carbonyl (C=O) groups excluding carboxylic acids is 1. The molecule has 1 fully saturated rings. The summed E-state index contributed by atoms with van der Waals surface area (Å²) in [5, 5.41) is 8.73. The summed E-state index contributed by atoms with van der Waals surface area (Å²) in [4.78, 5) is 10.2. The van der Waals surface area contributed by atoms with Crippen LogP contribution in [-0.2, 0) is 9.53 Å². The Kier molecular flexibility index (Phi) is 2.83. The van der Waals surface area contributed by atoms with Crippen LogP contribution < -0.4 is 0 Å². The minimum absolute atomic E-state index is 0.174. The molecule has 0 aromatic carbocycles. The summed E-state index contributed by atoms with van der Waals surface area (Å²) in [5.74, 6) is 0.268. The number of aldehydes is 1. The van der Waals surface area contributed by atoms with Crippen LogP contribution in [0.4, 0.5) is 0 Å². The lowest BCUT2D eigenvalue weighted by molar-refractivity contribution is -0.122. The summed E-state index contributed by atoms with van der Waals surface area (Å²) >= 11 is 0. The number of aliphatic hydroxyl groups excluding tert-OH is 1. The van der Waals surface area contributed by atoms with Crippen LogP contribution in [0.1, 0.15) is 12.8 Å². The molecule has 0 aromatic rings. The topological polar surface area (TPSA) is 46.5 Å². The van der Waals surface area contributed by atoms with Gasteiger partial charge in [-0.2, -0.15) is 0 Å². The van der Waals surface area contributed by atoms with Crippen molar-refractivity contribution in [3.05, 3.63) is 0 Å². The first-order valence-electron chi connectivity index (χ1n) is 3.54. The van der Waals surface area contributed by atoms with E-state index >= 15 is 0 Å². The molecule has 0 saturated carbocycles. The highest BCUT2D eigenvalue weighted by Gasteiger charge is 2.20. The fourth-order valence-corrected chi connectivity index (χ4v) is 1.16. The van der Waals surface area contributed by atoms with Crippen molar-refractivity contribution in [3.8, 4) is 0 Å². The van der Waals surface area contributed by atoms with Gasteiger partial charge in [0, 0.05) is 13.2 Å². The van der Waals surface area contributed by atoms with Gasteiger partial charge in [-0.1, -0.05) is 0 Å². The SMILES string of the molecule is O=C[C@@H]1CC(CO)CCO1. The highest BCUT2D eigenvalue weighted by atomic mass is 16.5. The molecule has 1 saturated heterocycles. The summed E-state index contributed by atoms with van der Waals surface area (Å²) in [6.07, 6.45) is 2.09. The summed E-state index contributed by atoms with van der Waals surface area (Å²) in [5.41, 5.74) is 0. The van der Waals surface area contributed by atoms with E-state index in [1.54, 1.807) is 0 Å². The quantitative estimate of drug-likeness (QED) is 0.554. The second kappa shape index (κ2) is 3.68. The largest absolute Gasteiger partial charge is 0.396 e. The van der Waals surface area contributed by atoms with Gasteiger partial charge in [0.2, 0.25) is 0 Å². The minimum Gasteiger partial charge on any atom is -0.396 e. The van der Waals surface area contributed by atoms with Crippen LogP contribution in [0.2, 0.25) is 0 Å². The third-order valence-electron chi connectivity index (χ3n) is 1.83. The van der Waals surface area contributed by atoms with Crippen LogP contribution in [0.25, 0.3) is 0 Å². The van der Waals surface area contributed by atoms with Gasteiger partial charge in [0.15, 0.2) is 0 Å². The van der Waals surface area contributed by atoms with Gasteiger partial charge in [-0.15, -0.1) is 0 Å². The number of hydrogen-bond donors (Lipinski definition) is 1.